The first-order chi connectivity index (χ1) is 10.3. The van der Waals surface area contributed by atoms with Crippen molar-refractivity contribution < 1.29 is 0 Å². The zero-order valence-electron chi connectivity index (χ0n) is 11.6. The largest absolute Gasteiger partial charge is 0.369 e. The van der Waals surface area contributed by atoms with Gasteiger partial charge in [0.2, 0.25) is 0 Å². The van der Waals surface area contributed by atoms with E-state index in [1.165, 1.54) is 11.1 Å². The zero-order chi connectivity index (χ0) is 14.4. The molecule has 3 aromatic rings. The van der Waals surface area contributed by atoms with Gasteiger partial charge >= 0.3 is 0 Å². The van der Waals surface area contributed by atoms with E-state index >= 15 is 0 Å². The van der Waals surface area contributed by atoms with Crippen LogP contribution < -0.4 is 5.32 Å². The van der Waals surface area contributed by atoms with Crippen LogP contribution in [0, 0.1) is 6.92 Å². The molecule has 0 radical (unpaired) electrons. The molecule has 106 valence electrons. The van der Waals surface area contributed by atoms with Gasteiger partial charge in [-0.25, -0.2) is 4.68 Å². The minimum Gasteiger partial charge on any atom is -0.369 e. The predicted octanol–water partition coefficient (Wildman–Crippen LogP) is 4.53. The van der Waals surface area contributed by atoms with Crippen LogP contribution in [-0.2, 0) is 6.42 Å². The third-order valence-electron chi connectivity index (χ3n) is 3.91. The van der Waals surface area contributed by atoms with Crippen molar-refractivity contribution in [3.05, 3.63) is 51.2 Å². The van der Waals surface area contributed by atoms with E-state index in [2.05, 4.69) is 28.2 Å². The fourth-order valence-electron chi connectivity index (χ4n) is 2.81. The Kier molecular flexibility index (Phi) is 3.01. The summed E-state index contributed by atoms with van der Waals surface area (Å²) in [6.07, 6.45) is 1.01. The Morgan fingerprint density at radius 1 is 1.33 bits per heavy atom. The second kappa shape index (κ2) is 4.90. The summed E-state index contributed by atoms with van der Waals surface area (Å²) in [5, 5.41) is 13.3. The van der Waals surface area contributed by atoms with E-state index in [1.807, 2.05) is 23.7 Å². The molecule has 1 aromatic carbocycles. The highest BCUT2D eigenvalue weighted by atomic mass is 35.5. The lowest BCUT2D eigenvalue weighted by molar-refractivity contribution is 0.875. The van der Waals surface area contributed by atoms with Gasteiger partial charge in [0, 0.05) is 28.1 Å². The average molecular weight is 316 g/mol. The van der Waals surface area contributed by atoms with Crippen LogP contribution in [0.4, 0.5) is 5.82 Å². The van der Waals surface area contributed by atoms with Crippen molar-refractivity contribution in [3.63, 3.8) is 0 Å². The van der Waals surface area contributed by atoms with Crippen molar-refractivity contribution in [1.29, 1.82) is 0 Å². The molecule has 0 atom stereocenters. The van der Waals surface area contributed by atoms with Crippen LogP contribution in [0.15, 0.2) is 35.0 Å². The SMILES string of the molecule is Cc1c(Cl)cccc1-n1nc(-c2ccsc2)c2c1NCC2. The topological polar surface area (TPSA) is 29.9 Å². The van der Waals surface area contributed by atoms with Gasteiger partial charge in [-0.05, 0) is 42.5 Å². The molecular formula is C16H14ClN3S. The lowest BCUT2D eigenvalue weighted by atomic mass is 10.1. The minimum absolute atomic E-state index is 0.770. The summed E-state index contributed by atoms with van der Waals surface area (Å²) < 4.78 is 2.00. The Labute approximate surface area is 132 Å². The Morgan fingerprint density at radius 2 is 2.24 bits per heavy atom. The summed E-state index contributed by atoms with van der Waals surface area (Å²) in [7, 11) is 0. The number of rotatable bonds is 2. The number of nitrogens with one attached hydrogen (secondary N) is 1. The highest BCUT2D eigenvalue weighted by Gasteiger charge is 2.24. The van der Waals surface area contributed by atoms with Crippen molar-refractivity contribution in [2.75, 3.05) is 11.9 Å². The number of anilines is 1. The molecule has 0 amide bonds. The van der Waals surface area contributed by atoms with Crippen LogP contribution in [0.1, 0.15) is 11.1 Å². The molecule has 1 aliphatic rings. The predicted molar refractivity (Wildman–Crippen MR) is 88.8 cm³/mol. The van der Waals surface area contributed by atoms with E-state index in [-0.39, 0.29) is 0 Å². The summed E-state index contributed by atoms with van der Waals surface area (Å²) in [5.41, 5.74) is 5.66. The fourth-order valence-corrected chi connectivity index (χ4v) is 3.62. The van der Waals surface area contributed by atoms with Gasteiger partial charge in [-0.15, -0.1) is 0 Å². The molecular weight excluding hydrogens is 302 g/mol. The zero-order valence-corrected chi connectivity index (χ0v) is 13.1. The Hall–Kier alpha value is -1.78. The molecule has 0 fully saturated rings. The number of benzene rings is 1. The van der Waals surface area contributed by atoms with Crippen molar-refractivity contribution in [2.24, 2.45) is 0 Å². The normalized spacial score (nSPS) is 13.2. The quantitative estimate of drug-likeness (QED) is 0.753. The van der Waals surface area contributed by atoms with Crippen molar-refractivity contribution in [1.82, 2.24) is 9.78 Å². The summed E-state index contributed by atoms with van der Waals surface area (Å²) in [6, 6.07) is 8.07. The molecule has 0 unspecified atom stereocenters. The van der Waals surface area contributed by atoms with E-state index in [0.29, 0.717) is 0 Å². The van der Waals surface area contributed by atoms with E-state index in [9.17, 15) is 0 Å². The molecule has 4 rings (SSSR count). The number of halogens is 1. The lowest BCUT2D eigenvalue weighted by Crippen LogP contribution is -2.05. The third-order valence-corrected chi connectivity index (χ3v) is 5.01. The van der Waals surface area contributed by atoms with Crippen LogP contribution in [0.2, 0.25) is 5.02 Å². The fraction of sp³-hybridized carbons (Fsp3) is 0.188. The van der Waals surface area contributed by atoms with Gasteiger partial charge in [0.25, 0.3) is 0 Å². The number of fused-ring (bicyclic) bond motifs is 1. The first kappa shape index (κ1) is 12.9. The van der Waals surface area contributed by atoms with Crippen LogP contribution in [0.25, 0.3) is 16.9 Å². The van der Waals surface area contributed by atoms with Gasteiger partial charge in [0.1, 0.15) is 5.82 Å². The van der Waals surface area contributed by atoms with E-state index in [0.717, 1.165) is 40.8 Å². The van der Waals surface area contributed by atoms with Gasteiger partial charge < -0.3 is 5.32 Å². The van der Waals surface area contributed by atoms with Gasteiger partial charge in [-0.2, -0.15) is 16.4 Å². The number of hydrogen-bond donors (Lipinski definition) is 1. The molecule has 0 saturated carbocycles. The van der Waals surface area contributed by atoms with Crippen molar-refractivity contribution in [2.45, 2.75) is 13.3 Å². The number of thiophene rings is 1. The lowest BCUT2D eigenvalue weighted by Gasteiger charge is -2.10. The van der Waals surface area contributed by atoms with Crippen molar-refractivity contribution >= 4 is 28.8 Å². The van der Waals surface area contributed by atoms with Crippen LogP contribution in [-0.4, -0.2) is 16.3 Å². The molecule has 21 heavy (non-hydrogen) atoms. The Bertz CT molecular complexity index is 805. The van der Waals surface area contributed by atoms with Gasteiger partial charge in [-0.1, -0.05) is 17.7 Å². The maximum absolute atomic E-state index is 6.26. The molecule has 1 N–H and O–H groups in total. The second-order valence-electron chi connectivity index (χ2n) is 5.16. The standard InChI is InChI=1S/C16H14ClN3S/c1-10-13(17)3-2-4-14(10)20-16-12(5-7-18-16)15(19-20)11-6-8-21-9-11/h2-4,6,8-9,18H,5,7H2,1H3. The molecule has 0 aliphatic carbocycles. The van der Waals surface area contributed by atoms with Crippen LogP contribution in [0.3, 0.4) is 0 Å². The first-order valence-corrected chi connectivity index (χ1v) is 8.21. The van der Waals surface area contributed by atoms with Gasteiger partial charge in [0.15, 0.2) is 0 Å². The average Bonchev–Trinajstić information content (AvgIpc) is 3.17. The summed E-state index contributed by atoms with van der Waals surface area (Å²) >= 11 is 7.96. The van der Waals surface area contributed by atoms with Crippen molar-refractivity contribution in [3.8, 4) is 16.9 Å². The van der Waals surface area contributed by atoms with Crippen LogP contribution in [0.5, 0.6) is 0 Å². The third kappa shape index (κ3) is 1.98. The maximum Gasteiger partial charge on any atom is 0.133 e. The van der Waals surface area contributed by atoms with E-state index < -0.39 is 0 Å². The molecule has 1 aliphatic heterocycles. The van der Waals surface area contributed by atoms with E-state index in [1.54, 1.807) is 11.3 Å². The molecule has 5 heteroatoms. The van der Waals surface area contributed by atoms with Crippen LogP contribution >= 0.6 is 22.9 Å². The molecule has 0 spiro atoms. The highest BCUT2D eigenvalue weighted by molar-refractivity contribution is 7.08. The molecule has 3 heterocycles. The highest BCUT2D eigenvalue weighted by Crippen LogP contribution is 2.36. The van der Waals surface area contributed by atoms with E-state index in [4.69, 9.17) is 16.7 Å². The Balaban J connectivity index is 1.95. The Morgan fingerprint density at radius 3 is 3.05 bits per heavy atom. The molecule has 3 nitrogen and oxygen atoms in total. The monoisotopic (exact) mass is 315 g/mol. The first-order valence-electron chi connectivity index (χ1n) is 6.89. The van der Waals surface area contributed by atoms with Gasteiger partial charge in [0.05, 0.1) is 11.4 Å². The summed E-state index contributed by atoms with van der Waals surface area (Å²) in [4.78, 5) is 0. The minimum atomic E-state index is 0.770. The molecule has 2 aromatic heterocycles. The molecule has 0 saturated heterocycles. The number of hydrogen-bond acceptors (Lipinski definition) is 3. The number of aromatic nitrogens is 2. The summed E-state index contributed by atoms with van der Waals surface area (Å²) in [5.74, 6) is 1.10. The number of nitrogens with zero attached hydrogens (tertiary/aromatic N) is 2. The second-order valence-corrected chi connectivity index (χ2v) is 6.35. The smallest absolute Gasteiger partial charge is 0.133 e. The maximum atomic E-state index is 6.26. The van der Waals surface area contributed by atoms with Gasteiger partial charge in [-0.3, -0.25) is 0 Å². The summed E-state index contributed by atoms with van der Waals surface area (Å²) in [6.45, 7) is 2.99. The molecule has 0 bridgehead atoms.